The number of oxazole rings is 1. The van der Waals surface area contributed by atoms with E-state index in [0.717, 1.165) is 37.3 Å². The Hall–Kier alpha value is -0.870. The highest BCUT2D eigenvalue weighted by atomic mass is 16.5. The van der Waals surface area contributed by atoms with Crippen molar-refractivity contribution in [1.82, 2.24) is 4.98 Å². The van der Waals surface area contributed by atoms with Gasteiger partial charge in [-0.1, -0.05) is 6.92 Å². The molecule has 1 saturated heterocycles. The lowest BCUT2D eigenvalue weighted by molar-refractivity contribution is 0.107. The van der Waals surface area contributed by atoms with Gasteiger partial charge in [0.2, 0.25) is 5.89 Å². The zero-order valence-electron chi connectivity index (χ0n) is 8.45. The van der Waals surface area contributed by atoms with Crippen molar-refractivity contribution in [2.45, 2.75) is 38.8 Å². The molecular formula is C10H16N2O2. The fourth-order valence-electron chi connectivity index (χ4n) is 1.80. The average molecular weight is 196 g/mol. The van der Waals surface area contributed by atoms with Gasteiger partial charge in [0.25, 0.3) is 0 Å². The van der Waals surface area contributed by atoms with E-state index in [2.05, 4.69) is 11.9 Å². The van der Waals surface area contributed by atoms with Crippen LogP contribution in [0.3, 0.4) is 0 Å². The van der Waals surface area contributed by atoms with E-state index in [-0.39, 0.29) is 6.10 Å². The molecule has 2 rings (SSSR count). The van der Waals surface area contributed by atoms with Gasteiger partial charge >= 0.3 is 0 Å². The maximum atomic E-state index is 5.58. The van der Waals surface area contributed by atoms with Gasteiger partial charge in [-0.05, 0) is 12.8 Å². The molecule has 4 heteroatoms. The number of aromatic nitrogens is 1. The molecule has 1 aliphatic heterocycles. The van der Waals surface area contributed by atoms with Crippen molar-refractivity contribution in [2.75, 3.05) is 6.61 Å². The van der Waals surface area contributed by atoms with Gasteiger partial charge in [-0.2, -0.15) is 0 Å². The minimum absolute atomic E-state index is 0.133. The van der Waals surface area contributed by atoms with Crippen LogP contribution >= 0.6 is 0 Å². The molecule has 78 valence electrons. The third kappa shape index (κ3) is 1.67. The van der Waals surface area contributed by atoms with E-state index in [4.69, 9.17) is 14.9 Å². The fourth-order valence-corrected chi connectivity index (χ4v) is 1.80. The number of aryl methyl sites for hydroxylation is 1. The molecule has 4 nitrogen and oxygen atoms in total. The van der Waals surface area contributed by atoms with Crippen LogP contribution in [-0.2, 0) is 17.7 Å². The Morgan fingerprint density at radius 2 is 2.43 bits per heavy atom. The zero-order chi connectivity index (χ0) is 9.97. The summed E-state index contributed by atoms with van der Waals surface area (Å²) in [7, 11) is 0. The molecule has 1 aliphatic rings. The van der Waals surface area contributed by atoms with Gasteiger partial charge in [-0.25, -0.2) is 4.98 Å². The lowest BCUT2D eigenvalue weighted by Crippen LogP contribution is -2.01. The molecule has 1 atom stereocenters. The number of hydrogen-bond acceptors (Lipinski definition) is 4. The van der Waals surface area contributed by atoms with Crippen LogP contribution in [0.15, 0.2) is 4.42 Å². The molecular weight excluding hydrogens is 180 g/mol. The van der Waals surface area contributed by atoms with E-state index in [1.807, 2.05) is 0 Å². The summed E-state index contributed by atoms with van der Waals surface area (Å²) in [5.41, 5.74) is 6.45. The second kappa shape index (κ2) is 4.11. The van der Waals surface area contributed by atoms with Gasteiger partial charge in [0.15, 0.2) is 0 Å². The molecule has 0 spiro atoms. The largest absolute Gasteiger partial charge is 0.444 e. The van der Waals surface area contributed by atoms with Crippen LogP contribution in [0.2, 0.25) is 0 Å². The van der Waals surface area contributed by atoms with E-state index in [0.29, 0.717) is 12.4 Å². The molecule has 0 radical (unpaired) electrons. The van der Waals surface area contributed by atoms with E-state index in [1.54, 1.807) is 0 Å². The zero-order valence-corrected chi connectivity index (χ0v) is 8.45. The fraction of sp³-hybridized carbons (Fsp3) is 0.700. The third-order valence-corrected chi connectivity index (χ3v) is 2.50. The van der Waals surface area contributed by atoms with Gasteiger partial charge in [-0.15, -0.1) is 0 Å². The van der Waals surface area contributed by atoms with Crippen molar-refractivity contribution in [2.24, 2.45) is 5.73 Å². The van der Waals surface area contributed by atoms with Crippen molar-refractivity contribution >= 4 is 0 Å². The molecule has 1 aromatic heterocycles. The average Bonchev–Trinajstić information content (AvgIpc) is 2.85. The molecule has 1 fully saturated rings. The maximum absolute atomic E-state index is 5.58. The number of rotatable bonds is 3. The first kappa shape index (κ1) is 9.68. The highest BCUT2D eigenvalue weighted by Crippen LogP contribution is 2.30. The Kier molecular flexibility index (Phi) is 2.84. The van der Waals surface area contributed by atoms with Crippen molar-refractivity contribution < 1.29 is 9.15 Å². The first-order valence-corrected chi connectivity index (χ1v) is 5.15. The number of nitrogens with zero attached hydrogens (tertiary/aromatic N) is 1. The van der Waals surface area contributed by atoms with E-state index >= 15 is 0 Å². The minimum Gasteiger partial charge on any atom is -0.444 e. The third-order valence-electron chi connectivity index (χ3n) is 2.50. The Bertz CT molecular complexity index is 303. The monoisotopic (exact) mass is 196 g/mol. The first-order chi connectivity index (χ1) is 6.85. The molecule has 1 unspecified atom stereocenters. The van der Waals surface area contributed by atoms with Gasteiger partial charge in [-0.3, -0.25) is 0 Å². The van der Waals surface area contributed by atoms with E-state index < -0.39 is 0 Å². The standard InChI is InChI=1S/C10H16N2O2/c1-2-7-10(8-4-3-5-13-8)12-9(6-11)14-7/h8H,2-6,11H2,1H3. The number of hydrogen-bond donors (Lipinski definition) is 1. The van der Waals surface area contributed by atoms with Gasteiger partial charge in [0.05, 0.1) is 6.54 Å². The Morgan fingerprint density at radius 1 is 1.57 bits per heavy atom. The number of ether oxygens (including phenoxy) is 1. The predicted octanol–water partition coefficient (Wildman–Crippen LogP) is 1.55. The van der Waals surface area contributed by atoms with Gasteiger partial charge in [0, 0.05) is 13.0 Å². The summed E-state index contributed by atoms with van der Waals surface area (Å²) in [6.45, 7) is 3.25. The first-order valence-electron chi connectivity index (χ1n) is 5.15. The summed E-state index contributed by atoms with van der Waals surface area (Å²) in [6, 6.07) is 0. The Morgan fingerprint density at radius 3 is 3.00 bits per heavy atom. The van der Waals surface area contributed by atoms with E-state index in [9.17, 15) is 0 Å². The quantitative estimate of drug-likeness (QED) is 0.796. The highest BCUT2D eigenvalue weighted by Gasteiger charge is 2.24. The summed E-state index contributed by atoms with van der Waals surface area (Å²) in [5, 5.41) is 0. The smallest absolute Gasteiger partial charge is 0.208 e. The summed E-state index contributed by atoms with van der Waals surface area (Å²) in [4.78, 5) is 4.36. The summed E-state index contributed by atoms with van der Waals surface area (Å²) in [5.74, 6) is 1.55. The summed E-state index contributed by atoms with van der Waals surface area (Å²) >= 11 is 0. The van der Waals surface area contributed by atoms with Crippen molar-refractivity contribution in [3.8, 4) is 0 Å². The van der Waals surface area contributed by atoms with Gasteiger partial charge < -0.3 is 14.9 Å². The molecule has 2 heterocycles. The minimum atomic E-state index is 0.133. The molecule has 1 aromatic rings. The highest BCUT2D eigenvalue weighted by molar-refractivity contribution is 5.14. The molecule has 2 N–H and O–H groups in total. The summed E-state index contributed by atoms with van der Waals surface area (Å²) < 4.78 is 11.1. The Balaban J connectivity index is 2.25. The molecule has 14 heavy (non-hydrogen) atoms. The van der Waals surface area contributed by atoms with Crippen molar-refractivity contribution in [1.29, 1.82) is 0 Å². The second-order valence-corrected chi connectivity index (χ2v) is 3.48. The lowest BCUT2D eigenvalue weighted by atomic mass is 10.1. The molecule has 0 aliphatic carbocycles. The SMILES string of the molecule is CCc1oc(CN)nc1C1CCCO1. The molecule has 0 amide bonds. The van der Waals surface area contributed by atoms with Crippen LogP contribution in [0, 0.1) is 0 Å². The Labute approximate surface area is 83.4 Å². The molecule has 0 aromatic carbocycles. The van der Waals surface area contributed by atoms with Crippen LogP contribution in [0.25, 0.3) is 0 Å². The van der Waals surface area contributed by atoms with Crippen LogP contribution in [-0.4, -0.2) is 11.6 Å². The van der Waals surface area contributed by atoms with Gasteiger partial charge in [0.1, 0.15) is 17.6 Å². The van der Waals surface area contributed by atoms with Crippen molar-refractivity contribution in [3.63, 3.8) is 0 Å². The van der Waals surface area contributed by atoms with Crippen LogP contribution in [0.1, 0.15) is 43.2 Å². The summed E-state index contributed by atoms with van der Waals surface area (Å²) in [6.07, 6.45) is 3.14. The van der Waals surface area contributed by atoms with Crippen LogP contribution in [0.5, 0.6) is 0 Å². The van der Waals surface area contributed by atoms with E-state index in [1.165, 1.54) is 0 Å². The van der Waals surface area contributed by atoms with Crippen LogP contribution < -0.4 is 5.73 Å². The topological polar surface area (TPSA) is 61.3 Å². The molecule has 0 saturated carbocycles. The van der Waals surface area contributed by atoms with Crippen molar-refractivity contribution in [3.05, 3.63) is 17.3 Å². The maximum Gasteiger partial charge on any atom is 0.208 e. The molecule has 0 bridgehead atoms. The number of nitrogens with two attached hydrogens (primary N) is 1. The predicted molar refractivity (Wildman–Crippen MR) is 51.7 cm³/mol. The second-order valence-electron chi connectivity index (χ2n) is 3.48. The van der Waals surface area contributed by atoms with Crippen LogP contribution in [0.4, 0.5) is 0 Å². The normalized spacial score (nSPS) is 21.7. The lowest BCUT2D eigenvalue weighted by Gasteiger charge is -2.05.